The molecule has 0 bridgehead atoms. The van der Waals surface area contributed by atoms with Crippen molar-refractivity contribution in [3.8, 4) is 11.3 Å². The van der Waals surface area contributed by atoms with Gasteiger partial charge in [0.05, 0.1) is 16.4 Å². The summed E-state index contributed by atoms with van der Waals surface area (Å²) in [6.07, 6.45) is 3.67. The van der Waals surface area contributed by atoms with E-state index in [1.807, 2.05) is 80.6 Å². The van der Waals surface area contributed by atoms with E-state index < -0.39 is 0 Å². The van der Waals surface area contributed by atoms with Crippen molar-refractivity contribution < 1.29 is 9.21 Å². The predicted molar refractivity (Wildman–Crippen MR) is 140 cm³/mol. The van der Waals surface area contributed by atoms with Crippen LogP contribution >= 0.6 is 23.2 Å². The molecule has 0 aliphatic carbocycles. The summed E-state index contributed by atoms with van der Waals surface area (Å²) in [5, 5.41) is 1.11. The van der Waals surface area contributed by atoms with Gasteiger partial charge in [0.15, 0.2) is 0 Å². The largest absolute Gasteiger partial charge is 0.457 e. The molecule has 3 nitrogen and oxygen atoms in total. The maximum Gasteiger partial charge on any atom is 0.263 e. The highest BCUT2D eigenvalue weighted by Crippen LogP contribution is 2.38. The minimum atomic E-state index is -0.105. The Balaban J connectivity index is 1.58. The second-order valence-corrected chi connectivity index (χ2v) is 9.10. The number of amides is 1. The van der Waals surface area contributed by atoms with E-state index in [1.54, 1.807) is 29.2 Å². The lowest BCUT2D eigenvalue weighted by Gasteiger charge is -2.23. The van der Waals surface area contributed by atoms with Gasteiger partial charge in [0.1, 0.15) is 11.5 Å². The minimum Gasteiger partial charge on any atom is -0.457 e. The van der Waals surface area contributed by atoms with Crippen LogP contribution in [-0.4, -0.2) is 5.91 Å². The van der Waals surface area contributed by atoms with Crippen LogP contribution in [0.4, 0.5) is 5.69 Å². The SMILES string of the molecule is Cc1ccc(C)c(N2C(=O)C(=Cc3ccc(-c4cc(Cl)ccc4Cl)o3)C=C2c2ccccc2)c1. The monoisotopic (exact) mass is 485 g/mol. The number of hydrogen-bond donors (Lipinski definition) is 0. The average Bonchev–Trinajstić information content (AvgIpc) is 3.42. The van der Waals surface area contributed by atoms with Crippen LogP contribution in [0.3, 0.4) is 0 Å². The van der Waals surface area contributed by atoms with E-state index in [1.165, 1.54) is 0 Å². The lowest BCUT2D eigenvalue weighted by Crippen LogP contribution is -2.25. The molecule has 0 N–H and O–H groups in total. The molecule has 0 saturated carbocycles. The molecule has 1 amide bonds. The highest BCUT2D eigenvalue weighted by molar-refractivity contribution is 6.35. The van der Waals surface area contributed by atoms with E-state index in [4.69, 9.17) is 27.6 Å². The van der Waals surface area contributed by atoms with Crippen molar-refractivity contribution in [1.82, 2.24) is 0 Å². The molecule has 0 spiro atoms. The zero-order chi connectivity index (χ0) is 23.8. The first-order valence-electron chi connectivity index (χ1n) is 10.9. The van der Waals surface area contributed by atoms with Gasteiger partial charge in [-0.05, 0) is 79.1 Å². The number of carbonyl (C=O) groups is 1. The molecule has 0 saturated heterocycles. The molecule has 1 aromatic heterocycles. The number of aryl methyl sites for hydroxylation is 2. The van der Waals surface area contributed by atoms with Gasteiger partial charge in [-0.2, -0.15) is 0 Å². The summed E-state index contributed by atoms with van der Waals surface area (Å²) >= 11 is 12.5. The maximum absolute atomic E-state index is 13.7. The Morgan fingerprint density at radius 1 is 0.882 bits per heavy atom. The van der Waals surface area contributed by atoms with Crippen LogP contribution in [0.2, 0.25) is 10.0 Å². The highest BCUT2D eigenvalue weighted by Gasteiger charge is 2.31. The topological polar surface area (TPSA) is 33.5 Å². The number of hydrogen-bond acceptors (Lipinski definition) is 2. The van der Waals surface area contributed by atoms with E-state index in [0.29, 0.717) is 32.7 Å². The number of rotatable bonds is 4. The Kier molecular flexibility index (Phi) is 5.91. The third-order valence-electron chi connectivity index (χ3n) is 5.78. The van der Waals surface area contributed by atoms with E-state index in [0.717, 1.165) is 28.1 Å². The van der Waals surface area contributed by atoms with Gasteiger partial charge >= 0.3 is 0 Å². The van der Waals surface area contributed by atoms with Crippen molar-refractivity contribution in [3.63, 3.8) is 0 Å². The highest BCUT2D eigenvalue weighted by atomic mass is 35.5. The number of anilines is 1. The minimum absolute atomic E-state index is 0.105. The summed E-state index contributed by atoms with van der Waals surface area (Å²) in [5.74, 6) is 1.04. The van der Waals surface area contributed by atoms with Gasteiger partial charge in [0.2, 0.25) is 0 Å². The molecule has 1 aliphatic rings. The molecule has 0 unspecified atom stereocenters. The Morgan fingerprint density at radius 3 is 2.47 bits per heavy atom. The molecule has 4 aromatic rings. The van der Waals surface area contributed by atoms with Gasteiger partial charge in [0.25, 0.3) is 5.91 Å². The van der Waals surface area contributed by atoms with E-state index in [2.05, 4.69) is 0 Å². The lowest BCUT2D eigenvalue weighted by atomic mass is 10.1. The molecule has 2 heterocycles. The quantitative estimate of drug-likeness (QED) is 0.272. The Bertz CT molecular complexity index is 1460. The second-order valence-electron chi connectivity index (χ2n) is 8.25. The fraction of sp³-hybridized carbons (Fsp3) is 0.0690. The van der Waals surface area contributed by atoms with Crippen LogP contribution in [0.5, 0.6) is 0 Å². The molecule has 34 heavy (non-hydrogen) atoms. The van der Waals surface area contributed by atoms with E-state index in [-0.39, 0.29) is 5.91 Å². The van der Waals surface area contributed by atoms with Crippen LogP contribution in [-0.2, 0) is 4.79 Å². The molecule has 1 aliphatic heterocycles. The van der Waals surface area contributed by atoms with Crippen LogP contribution in [0.1, 0.15) is 22.5 Å². The summed E-state index contributed by atoms with van der Waals surface area (Å²) in [6.45, 7) is 4.04. The first-order valence-corrected chi connectivity index (χ1v) is 11.6. The fourth-order valence-electron chi connectivity index (χ4n) is 4.05. The summed E-state index contributed by atoms with van der Waals surface area (Å²) in [5.41, 5.74) is 6.02. The number of nitrogens with zero attached hydrogens (tertiary/aromatic N) is 1. The zero-order valence-corrected chi connectivity index (χ0v) is 20.2. The van der Waals surface area contributed by atoms with Gasteiger partial charge < -0.3 is 4.42 Å². The van der Waals surface area contributed by atoms with Crippen LogP contribution < -0.4 is 4.90 Å². The molecule has 168 valence electrons. The third kappa shape index (κ3) is 4.21. The standard InChI is InChI=1S/C29H21Cl2NO2/c1-18-8-9-19(2)26(14-18)32-27(20-6-4-3-5-7-20)16-21(29(32)33)15-23-11-13-28(34-23)24-17-22(30)10-12-25(24)31/h3-17H,1-2H3. The number of carbonyl (C=O) groups excluding carboxylic acids is 1. The Hall–Kier alpha value is -3.53. The molecule has 5 rings (SSSR count). The summed E-state index contributed by atoms with van der Waals surface area (Å²) in [4.78, 5) is 15.4. The molecule has 0 atom stereocenters. The van der Waals surface area contributed by atoms with Crippen molar-refractivity contribution in [2.75, 3.05) is 4.90 Å². The number of halogens is 2. The average molecular weight is 486 g/mol. The molecular formula is C29H21Cl2NO2. The molecule has 0 radical (unpaired) electrons. The van der Waals surface area contributed by atoms with Gasteiger partial charge in [-0.1, -0.05) is 65.7 Å². The molecular weight excluding hydrogens is 465 g/mol. The van der Waals surface area contributed by atoms with Crippen molar-refractivity contribution >= 4 is 46.6 Å². The van der Waals surface area contributed by atoms with Crippen LogP contribution in [0.25, 0.3) is 23.1 Å². The summed E-state index contributed by atoms with van der Waals surface area (Å²) < 4.78 is 6.02. The summed E-state index contributed by atoms with van der Waals surface area (Å²) in [7, 11) is 0. The Labute approximate surface area is 208 Å². The van der Waals surface area contributed by atoms with Crippen molar-refractivity contribution in [3.05, 3.63) is 123 Å². The lowest BCUT2D eigenvalue weighted by molar-refractivity contribution is -0.113. The molecule has 5 heteroatoms. The van der Waals surface area contributed by atoms with Gasteiger partial charge in [-0.25, -0.2) is 0 Å². The smallest absolute Gasteiger partial charge is 0.263 e. The van der Waals surface area contributed by atoms with E-state index >= 15 is 0 Å². The normalized spacial score (nSPS) is 14.7. The second kappa shape index (κ2) is 9.02. The van der Waals surface area contributed by atoms with Crippen LogP contribution in [0.15, 0.2) is 94.9 Å². The molecule has 0 fully saturated rings. The molecule has 3 aromatic carbocycles. The maximum atomic E-state index is 13.7. The van der Waals surface area contributed by atoms with Gasteiger partial charge in [0, 0.05) is 16.2 Å². The van der Waals surface area contributed by atoms with Crippen molar-refractivity contribution in [1.29, 1.82) is 0 Å². The first kappa shape index (κ1) is 22.3. The zero-order valence-electron chi connectivity index (χ0n) is 18.7. The number of benzene rings is 3. The van der Waals surface area contributed by atoms with Gasteiger partial charge in [-0.3, -0.25) is 9.69 Å². The van der Waals surface area contributed by atoms with Crippen molar-refractivity contribution in [2.45, 2.75) is 13.8 Å². The van der Waals surface area contributed by atoms with Crippen LogP contribution in [0, 0.1) is 13.8 Å². The van der Waals surface area contributed by atoms with Crippen molar-refractivity contribution in [2.24, 2.45) is 0 Å². The van der Waals surface area contributed by atoms with Gasteiger partial charge in [-0.15, -0.1) is 0 Å². The fourth-order valence-corrected chi connectivity index (χ4v) is 4.43. The Morgan fingerprint density at radius 2 is 1.68 bits per heavy atom. The number of furan rings is 1. The summed E-state index contributed by atoms with van der Waals surface area (Å²) in [6, 6.07) is 24.9. The van der Waals surface area contributed by atoms with E-state index in [9.17, 15) is 4.79 Å². The third-order valence-corrected chi connectivity index (χ3v) is 6.34. The predicted octanol–water partition coefficient (Wildman–Crippen LogP) is 8.34. The first-order chi connectivity index (χ1) is 16.4.